The summed E-state index contributed by atoms with van der Waals surface area (Å²) >= 11 is 0. The lowest BCUT2D eigenvalue weighted by Crippen LogP contribution is -2.47. The summed E-state index contributed by atoms with van der Waals surface area (Å²) in [5.74, 6) is 0.788. The molecule has 0 unspecified atom stereocenters. The first-order chi connectivity index (χ1) is 9.69. The second kappa shape index (κ2) is 7.47. The summed E-state index contributed by atoms with van der Waals surface area (Å²) in [6.45, 7) is 4.81. The molecule has 0 aromatic rings. The van der Waals surface area contributed by atoms with E-state index in [4.69, 9.17) is 4.74 Å². The fourth-order valence-electron chi connectivity index (χ4n) is 2.36. The minimum absolute atomic E-state index is 0.0738. The number of hydrogen-bond acceptors (Lipinski definition) is 4. The number of carbonyl (C=O) groups excluding carboxylic acids is 2. The lowest BCUT2D eigenvalue weighted by Gasteiger charge is -2.31. The van der Waals surface area contributed by atoms with Gasteiger partial charge in [-0.25, -0.2) is 4.79 Å². The molecule has 2 N–H and O–H groups in total. The fraction of sp³-hybridized carbons (Fsp3) is 0.857. The highest BCUT2D eigenvalue weighted by molar-refractivity contribution is 5.78. The zero-order chi connectivity index (χ0) is 14.4. The van der Waals surface area contributed by atoms with Crippen LogP contribution in [0.4, 0.5) is 4.79 Å². The smallest absolute Gasteiger partial charge is 0.409 e. The lowest BCUT2D eigenvalue weighted by atomic mass is 10.1. The van der Waals surface area contributed by atoms with Gasteiger partial charge in [-0.15, -0.1) is 0 Å². The summed E-state index contributed by atoms with van der Waals surface area (Å²) in [4.78, 5) is 24.9. The van der Waals surface area contributed by atoms with Crippen molar-refractivity contribution < 1.29 is 14.3 Å². The van der Waals surface area contributed by atoms with Gasteiger partial charge in [-0.3, -0.25) is 4.79 Å². The van der Waals surface area contributed by atoms with E-state index < -0.39 is 0 Å². The van der Waals surface area contributed by atoms with E-state index in [1.165, 1.54) is 12.8 Å². The monoisotopic (exact) mass is 283 g/mol. The number of ether oxygens (including phenoxy) is 1. The van der Waals surface area contributed by atoms with Crippen LogP contribution in [0.25, 0.3) is 0 Å². The third-order valence-electron chi connectivity index (χ3n) is 3.86. The normalized spacial score (nSPS) is 19.8. The molecular weight excluding hydrogens is 258 g/mol. The van der Waals surface area contributed by atoms with Gasteiger partial charge in [0.1, 0.15) is 0 Å². The Balaban J connectivity index is 1.56. The van der Waals surface area contributed by atoms with Gasteiger partial charge in [0.05, 0.1) is 13.2 Å². The summed E-state index contributed by atoms with van der Waals surface area (Å²) in [5.41, 5.74) is 0. The van der Waals surface area contributed by atoms with Crippen molar-refractivity contribution in [3.05, 3.63) is 0 Å². The molecule has 2 aliphatic rings. The number of hydrogen-bond donors (Lipinski definition) is 2. The van der Waals surface area contributed by atoms with E-state index in [1.54, 1.807) is 4.90 Å². The van der Waals surface area contributed by atoms with Crippen molar-refractivity contribution >= 4 is 12.0 Å². The van der Waals surface area contributed by atoms with Gasteiger partial charge >= 0.3 is 6.09 Å². The molecule has 0 spiro atoms. The average molecular weight is 283 g/mol. The predicted molar refractivity (Wildman–Crippen MR) is 75.4 cm³/mol. The topological polar surface area (TPSA) is 70.7 Å². The van der Waals surface area contributed by atoms with E-state index in [2.05, 4.69) is 10.6 Å². The van der Waals surface area contributed by atoms with E-state index in [-0.39, 0.29) is 12.0 Å². The van der Waals surface area contributed by atoms with Gasteiger partial charge in [0.15, 0.2) is 0 Å². The second-order valence-electron chi connectivity index (χ2n) is 5.59. The number of piperidine rings is 1. The van der Waals surface area contributed by atoms with Crippen LogP contribution in [0.15, 0.2) is 0 Å². The average Bonchev–Trinajstić information content (AvgIpc) is 3.28. The maximum absolute atomic E-state index is 11.6. The molecule has 0 atom stereocenters. The first-order valence-corrected chi connectivity index (χ1v) is 7.60. The molecule has 1 aliphatic carbocycles. The molecule has 0 radical (unpaired) electrons. The van der Waals surface area contributed by atoms with Crippen molar-refractivity contribution in [2.75, 3.05) is 32.8 Å². The van der Waals surface area contributed by atoms with Crippen molar-refractivity contribution in [1.29, 1.82) is 0 Å². The number of amides is 2. The number of nitrogens with one attached hydrogen (secondary N) is 2. The molecule has 0 bridgehead atoms. The van der Waals surface area contributed by atoms with E-state index in [0.717, 1.165) is 19.4 Å². The van der Waals surface area contributed by atoms with Crippen LogP contribution in [0, 0.1) is 5.92 Å². The van der Waals surface area contributed by atoms with Crippen LogP contribution >= 0.6 is 0 Å². The van der Waals surface area contributed by atoms with Crippen LogP contribution in [0.5, 0.6) is 0 Å². The zero-order valence-electron chi connectivity index (χ0n) is 12.2. The molecule has 1 heterocycles. The van der Waals surface area contributed by atoms with Gasteiger partial charge in [0.2, 0.25) is 5.91 Å². The Morgan fingerprint density at radius 2 is 1.90 bits per heavy atom. The summed E-state index contributed by atoms with van der Waals surface area (Å²) in [7, 11) is 0. The van der Waals surface area contributed by atoms with Crippen molar-refractivity contribution in [2.24, 2.45) is 5.92 Å². The Morgan fingerprint density at radius 1 is 1.20 bits per heavy atom. The van der Waals surface area contributed by atoms with E-state index >= 15 is 0 Å². The molecule has 2 fully saturated rings. The molecule has 20 heavy (non-hydrogen) atoms. The van der Waals surface area contributed by atoms with E-state index in [9.17, 15) is 9.59 Å². The minimum Gasteiger partial charge on any atom is -0.450 e. The Kier molecular flexibility index (Phi) is 5.64. The van der Waals surface area contributed by atoms with Crippen molar-refractivity contribution in [1.82, 2.24) is 15.5 Å². The highest BCUT2D eigenvalue weighted by Crippen LogP contribution is 2.27. The number of carbonyl (C=O) groups is 2. The highest BCUT2D eigenvalue weighted by Gasteiger charge is 2.24. The molecule has 2 rings (SSSR count). The SMILES string of the molecule is CCOC(=O)N1CCC(NCC(=O)NCC2CC2)CC1. The molecule has 1 saturated carbocycles. The quantitative estimate of drug-likeness (QED) is 0.753. The molecule has 0 aromatic carbocycles. The maximum atomic E-state index is 11.6. The summed E-state index contributed by atoms with van der Waals surface area (Å²) in [5, 5.41) is 6.21. The molecule has 114 valence electrons. The zero-order valence-corrected chi connectivity index (χ0v) is 12.2. The number of likely N-dealkylation sites (tertiary alicyclic amines) is 1. The number of nitrogens with zero attached hydrogens (tertiary/aromatic N) is 1. The van der Waals surface area contributed by atoms with E-state index in [0.29, 0.717) is 38.2 Å². The Hall–Kier alpha value is -1.30. The minimum atomic E-state index is -0.229. The van der Waals surface area contributed by atoms with Gasteiger partial charge in [-0.1, -0.05) is 0 Å². The van der Waals surface area contributed by atoms with Crippen LogP contribution in [-0.4, -0.2) is 55.7 Å². The molecule has 6 heteroatoms. The Bertz CT molecular complexity index is 337. The fourth-order valence-corrected chi connectivity index (χ4v) is 2.36. The van der Waals surface area contributed by atoms with Gasteiger partial charge in [0, 0.05) is 25.7 Å². The standard InChI is InChI=1S/C14H25N3O3/c1-2-20-14(19)17-7-5-12(6-8-17)15-10-13(18)16-9-11-3-4-11/h11-12,15H,2-10H2,1H3,(H,16,18). The van der Waals surface area contributed by atoms with Crippen LogP contribution in [0.3, 0.4) is 0 Å². The van der Waals surface area contributed by atoms with Gasteiger partial charge < -0.3 is 20.3 Å². The molecular formula is C14H25N3O3. The molecule has 0 aromatic heterocycles. The summed E-state index contributed by atoms with van der Waals surface area (Å²) in [6.07, 6.45) is 4.01. The largest absolute Gasteiger partial charge is 0.450 e. The lowest BCUT2D eigenvalue weighted by molar-refractivity contribution is -0.120. The van der Waals surface area contributed by atoms with Crippen molar-refractivity contribution in [2.45, 2.75) is 38.6 Å². The van der Waals surface area contributed by atoms with Crippen LogP contribution in [0.2, 0.25) is 0 Å². The van der Waals surface area contributed by atoms with E-state index in [1.807, 2.05) is 6.92 Å². The van der Waals surface area contributed by atoms with Crippen LogP contribution in [-0.2, 0) is 9.53 Å². The summed E-state index contributed by atoms with van der Waals surface area (Å²) in [6, 6.07) is 0.312. The first kappa shape index (κ1) is 15.1. The van der Waals surface area contributed by atoms with Gasteiger partial charge in [-0.05, 0) is 38.5 Å². The maximum Gasteiger partial charge on any atom is 0.409 e. The Labute approximate surface area is 120 Å². The van der Waals surface area contributed by atoms with Crippen LogP contribution in [0.1, 0.15) is 32.6 Å². The number of rotatable bonds is 6. The van der Waals surface area contributed by atoms with Crippen molar-refractivity contribution in [3.63, 3.8) is 0 Å². The highest BCUT2D eigenvalue weighted by atomic mass is 16.6. The summed E-state index contributed by atoms with van der Waals surface area (Å²) < 4.78 is 4.98. The third kappa shape index (κ3) is 5.00. The van der Waals surface area contributed by atoms with Crippen LogP contribution < -0.4 is 10.6 Å². The first-order valence-electron chi connectivity index (χ1n) is 7.60. The van der Waals surface area contributed by atoms with Gasteiger partial charge in [0.25, 0.3) is 0 Å². The van der Waals surface area contributed by atoms with Gasteiger partial charge in [-0.2, -0.15) is 0 Å². The third-order valence-corrected chi connectivity index (χ3v) is 3.86. The molecule has 2 amide bonds. The molecule has 1 saturated heterocycles. The molecule has 6 nitrogen and oxygen atoms in total. The second-order valence-corrected chi connectivity index (χ2v) is 5.59. The Morgan fingerprint density at radius 3 is 2.50 bits per heavy atom. The predicted octanol–water partition coefficient (Wildman–Crippen LogP) is 0.723. The molecule has 1 aliphatic heterocycles. The van der Waals surface area contributed by atoms with Crippen molar-refractivity contribution in [3.8, 4) is 0 Å².